The van der Waals surface area contributed by atoms with Crippen molar-refractivity contribution in [2.75, 3.05) is 13.7 Å². The van der Waals surface area contributed by atoms with Crippen molar-refractivity contribution in [3.63, 3.8) is 0 Å². The molecule has 0 amide bonds. The third kappa shape index (κ3) is 3.79. The van der Waals surface area contributed by atoms with Gasteiger partial charge in [-0.15, -0.1) is 0 Å². The predicted molar refractivity (Wildman–Crippen MR) is 93.5 cm³/mol. The smallest absolute Gasteiger partial charge is 0.316 e. The first-order chi connectivity index (χ1) is 11.5. The number of nitrogens with zero attached hydrogens (tertiary/aromatic N) is 1. The number of esters is 1. The van der Waals surface area contributed by atoms with Crippen LogP contribution in [-0.4, -0.2) is 53.4 Å². The van der Waals surface area contributed by atoms with Crippen LogP contribution in [0.2, 0.25) is 0 Å². The van der Waals surface area contributed by atoms with Crippen LogP contribution < -0.4 is 17.0 Å². The fraction of sp³-hybridized carbons (Fsp3) is 0.650. The van der Waals surface area contributed by atoms with Crippen molar-refractivity contribution in [2.45, 2.75) is 69.7 Å². The van der Waals surface area contributed by atoms with E-state index in [1.54, 1.807) is 0 Å². The van der Waals surface area contributed by atoms with E-state index in [-0.39, 0.29) is 35.7 Å². The van der Waals surface area contributed by atoms with E-state index in [1.807, 2.05) is 30.3 Å². The van der Waals surface area contributed by atoms with E-state index in [9.17, 15) is 9.90 Å². The maximum absolute atomic E-state index is 12.6. The second kappa shape index (κ2) is 8.19. The number of carbonyl (C=O) groups is 1. The molecule has 0 aliphatic carbocycles. The quantitative estimate of drug-likeness (QED) is 0.541. The number of rotatable bonds is 5. The number of aliphatic hydroxyl groups excluding tert-OH is 1. The Morgan fingerprint density at radius 2 is 1.76 bits per heavy atom. The minimum absolute atomic E-state index is 0. The summed E-state index contributed by atoms with van der Waals surface area (Å²) in [6.07, 6.45) is 4.36. The summed E-state index contributed by atoms with van der Waals surface area (Å²) in [6, 6.07) is 11.2. The molecule has 2 fully saturated rings. The molecule has 25 heavy (non-hydrogen) atoms. The van der Waals surface area contributed by atoms with E-state index in [0.29, 0.717) is 18.1 Å². The Kier molecular flexibility index (Phi) is 6.68. The van der Waals surface area contributed by atoms with Gasteiger partial charge in [0.25, 0.3) is 0 Å². The van der Waals surface area contributed by atoms with Crippen molar-refractivity contribution in [1.29, 1.82) is 0 Å². The highest BCUT2D eigenvalue weighted by molar-refractivity contribution is 5.78. The van der Waals surface area contributed by atoms with Gasteiger partial charge >= 0.3 is 5.97 Å². The largest absolute Gasteiger partial charge is 1.00 e. The summed E-state index contributed by atoms with van der Waals surface area (Å²) in [5.41, 5.74) is 0.826. The van der Waals surface area contributed by atoms with Gasteiger partial charge in [0, 0.05) is 25.7 Å². The van der Waals surface area contributed by atoms with Gasteiger partial charge in [-0.05, 0) is 19.4 Å². The molecule has 140 valence electrons. The molecule has 2 bridgehead atoms. The molecule has 1 unspecified atom stereocenters. The first kappa shape index (κ1) is 20.4. The highest BCUT2D eigenvalue weighted by atomic mass is 79.9. The van der Waals surface area contributed by atoms with Gasteiger partial charge < -0.3 is 31.3 Å². The van der Waals surface area contributed by atoms with Crippen LogP contribution in [0.4, 0.5) is 0 Å². The van der Waals surface area contributed by atoms with Crippen LogP contribution in [0.3, 0.4) is 0 Å². The molecule has 2 aliphatic rings. The number of piperidine rings is 1. The van der Waals surface area contributed by atoms with E-state index in [0.717, 1.165) is 22.9 Å². The number of carbonyl (C=O) groups excluding carboxylic acids is 1. The molecular weight excluding hydrogens is 382 g/mol. The topological polar surface area (TPSA) is 46.5 Å². The molecule has 1 aromatic carbocycles. The molecule has 2 heterocycles. The van der Waals surface area contributed by atoms with Gasteiger partial charge in [0.15, 0.2) is 0 Å². The van der Waals surface area contributed by atoms with Crippen molar-refractivity contribution < 1.29 is 36.1 Å². The van der Waals surface area contributed by atoms with Crippen molar-refractivity contribution in [3.8, 4) is 0 Å². The minimum atomic E-state index is -0.572. The van der Waals surface area contributed by atoms with Gasteiger partial charge in [0.1, 0.15) is 12.0 Å². The van der Waals surface area contributed by atoms with Crippen LogP contribution in [0.5, 0.6) is 0 Å². The molecule has 2 aliphatic heterocycles. The van der Waals surface area contributed by atoms with Crippen LogP contribution in [0.1, 0.15) is 51.0 Å². The molecule has 5 heteroatoms. The number of hydrogen-bond acceptors (Lipinski definition) is 3. The summed E-state index contributed by atoms with van der Waals surface area (Å²) in [4.78, 5) is 12.6. The van der Waals surface area contributed by atoms with Gasteiger partial charge in [-0.2, -0.15) is 0 Å². The van der Waals surface area contributed by atoms with E-state index in [1.165, 1.54) is 12.8 Å². The Labute approximate surface area is 161 Å². The molecule has 0 aromatic heterocycles. The molecule has 4 nitrogen and oxygen atoms in total. The lowest BCUT2D eigenvalue weighted by Gasteiger charge is -2.49. The maximum Gasteiger partial charge on any atom is 0.316 e. The SMILES string of the molecule is CC(C)[N@+]1(C)[C@@H]2CC[C@H]1C[C@@H](OC(=O)C(CO)c1ccccc1)C2.[Br-]. The summed E-state index contributed by atoms with van der Waals surface area (Å²) in [5.74, 6) is -0.856. The third-order valence-corrected chi connectivity index (χ3v) is 6.54. The Morgan fingerprint density at radius 3 is 2.24 bits per heavy atom. The number of quaternary nitrogens is 1. The first-order valence-electron chi connectivity index (χ1n) is 9.18. The van der Waals surface area contributed by atoms with Crippen molar-refractivity contribution in [1.82, 2.24) is 0 Å². The molecular formula is C20H30BrNO3. The van der Waals surface area contributed by atoms with E-state index in [4.69, 9.17) is 4.74 Å². The summed E-state index contributed by atoms with van der Waals surface area (Å²) in [7, 11) is 2.37. The lowest BCUT2D eigenvalue weighted by atomic mass is 9.94. The van der Waals surface area contributed by atoms with Crippen molar-refractivity contribution in [3.05, 3.63) is 35.9 Å². The minimum Gasteiger partial charge on any atom is -1.00 e. The van der Waals surface area contributed by atoms with Crippen LogP contribution in [0.25, 0.3) is 0 Å². The molecule has 0 spiro atoms. The van der Waals surface area contributed by atoms with Crippen LogP contribution in [-0.2, 0) is 9.53 Å². The average molecular weight is 412 g/mol. The fourth-order valence-corrected chi connectivity index (χ4v) is 4.82. The summed E-state index contributed by atoms with van der Waals surface area (Å²) < 4.78 is 6.96. The number of aliphatic hydroxyl groups is 1. The highest BCUT2D eigenvalue weighted by Gasteiger charge is 2.53. The molecule has 0 radical (unpaired) electrons. The van der Waals surface area contributed by atoms with Gasteiger partial charge in [-0.1, -0.05) is 30.3 Å². The van der Waals surface area contributed by atoms with Gasteiger partial charge in [-0.25, -0.2) is 0 Å². The first-order valence-corrected chi connectivity index (χ1v) is 9.18. The number of ether oxygens (including phenoxy) is 1. The second-order valence-corrected chi connectivity index (χ2v) is 7.88. The average Bonchev–Trinajstić information content (AvgIpc) is 2.74. The Bertz CT molecular complexity index is 564. The van der Waals surface area contributed by atoms with E-state index in [2.05, 4.69) is 20.9 Å². The Balaban J connectivity index is 0.00000225. The van der Waals surface area contributed by atoms with Crippen LogP contribution in [0, 0.1) is 0 Å². The molecule has 2 saturated heterocycles. The Hall–Kier alpha value is -0.910. The number of fused-ring (bicyclic) bond motifs is 2. The summed E-state index contributed by atoms with van der Waals surface area (Å²) in [5, 5.41) is 9.65. The van der Waals surface area contributed by atoms with E-state index >= 15 is 0 Å². The zero-order valence-electron chi connectivity index (χ0n) is 15.4. The molecule has 1 N–H and O–H groups in total. The van der Waals surface area contributed by atoms with Gasteiger partial charge in [-0.3, -0.25) is 4.79 Å². The normalized spacial score (nSPS) is 32.1. The lowest BCUT2D eigenvalue weighted by molar-refractivity contribution is -0.968. The maximum atomic E-state index is 12.6. The fourth-order valence-electron chi connectivity index (χ4n) is 4.82. The van der Waals surface area contributed by atoms with Gasteiger partial charge in [0.05, 0.1) is 31.8 Å². The molecule has 3 rings (SSSR count). The number of hydrogen-bond donors (Lipinski definition) is 1. The van der Waals surface area contributed by atoms with Gasteiger partial charge in [0.2, 0.25) is 0 Å². The highest BCUT2D eigenvalue weighted by Crippen LogP contribution is 2.44. The third-order valence-electron chi connectivity index (χ3n) is 6.54. The van der Waals surface area contributed by atoms with Crippen molar-refractivity contribution in [2.24, 2.45) is 0 Å². The Morgan fingerprint density at radius 1 is 1.20 bits per heavy atom. The predicted octanol–water partition coefficient (Wildman–Crippen LogP) is -0.142. The number of benzene rings is 1. The number of halogens is 1. The molecule has 5 atom stereocenters. The second-order valence-electron chi connectivity index (χ2n) is 7.88. The monoisotopic (exact) mass is 411 g/mol. The zero-order valence-corrected chi connectivity index (χ0v) is 17.0. The standard InChI is InChI=1S/C20H30NO3.BrH/c1-14(2)21(3)16-9-10-17(21)12-18(11-16)24-20(23)19(13-22)15-7-5-4-6-8-15;/h4-8,14,16-19,22H,9-13H2,1-3H3;1H/q+1;/p-1/t16-,17+,18+,19?,21-;. The summed E-state index contributed by atoms with van der Waals surface area (Å²) in [6.45, 7) is 4.39. The zero-order chi connectivity index (χ0) is 17.3. The van der Waals surface area contributed by atoms with E-state index < -0.39 is 5.92 Å². The lowest BCUT2D eigenvalue weighted by Crippen LogP contribution is -3.00. The molecule has 0 saturated carbocycles. The van der Waals surface area contributed by atoms with Crippen molar-refractivity contribution >= 4 is 5.97 Å². The molecule has 1 aromatic rings. The van der Waals surface area contributed by atoms with Crippen LogP contribution >= 0.6 is 0 Å². The summed E-state index contributed by atoms with van der Waals surface area (Å²) >= 11 is 0. The van der Waals surface area contributed by atoms with Crippen LogP contribution in [0.15, 0.2) is 30.3 Å².